The molecule has 0 aliphatic carbocycles. The molecule has 4 nitrogen and oxygen atoms in total. The largest absolute Gasteiger partial charge is 0.496 e. The molecule has 0 saturated carbocycles. The maximum atomic E-state index is 13.0. The number of Topliss-reactive ketones (excluding diaryl/α,β-unsaturated/α-hetero) is 1. The van der Waals surface area contributed by atoms with Gasteiger partial charge in [0.25, 0.3) is 0 Å². The molecule has 0 saturated heterocycles. The van der Waals surface area contributed by atoms with Crippen LogP contribution in [0.25, 0.3) is 0 Å². The van der Waals surface area contributed by atoms with Gasteiger partial charge in [-0.15, -0.1) is 0 Å². The van der Waals surface area contributed by atoms with Crippen LogP contribution in [-0.2, 0) is 6.61 Å². The van der Waals surface area contributed by atoms with E-state index in [1.165, 1.54) is 31.2 Å². The second-order valence-electron chi connectivity index (χ2n) is 6.23. The van der Waals surface area contributed by atoms with Gasteiger partial charge in [-0.25, -0.2) is 4.39 Å². The van der Waals surface area contributed by atoms with Crippen molar-refractivity contribution < 1.29 is 23.5 Å². The highest BCUT2D eigenvalue weighted by Crippen LogP contribution is 2.23. The van der Waals surface area contributed by atoms with Gasteiger partial charge in [0.1, 0.15) is 23.9 Å². The zero-order valence-electron chi connectivity index (χ0n) is 15.6. The molecule has 0 fully saturated rings. The lowest BCUT2D eigenvalue weighted by molar-refractivity contribution is 0.101. The molecule has 3 aromatic carbocycles. The molecule has 0 spiro atoms. The summed E-state index contributed by atoms with van der Waals surface area (Å²) in [7, 11) is 1.56. The third-order valence-electron chi connectivity index (χ3n) is 4.30. The summed E-state index contributed by atoms with van der Waals surface area (Å²) in [6.45, 7) is 1.72. The minimum absolute atomic E-state index is 0.0347. The van der Waals surface area contributed by atoms with Gasteiger partial charge in [0.2, 0.25) is 0 Å². The van der Waals surface area contributed by atoms with Gasteiger partial charge in [-0.2, -0.15) is 0 Å². The fourth-order valence-electron chi connectivity index (χ4n) is 2.74. The first-order chi connectivity index (χ1) is 13.5. The Morgan fingerprint density at radius 3 is 2.00 bits per heavy atom. The molecule has 0 aliphatic heterocycles. The van der Waals surface area contributed by atoms with Gasteiger partial charge in [0.05, 0.1) is 7.11 Å². The highest BCUT2D eigenvalue weighted by molar-refractivity contribution is 6.09. The van der Waals surface area contributed by atoms with Crippen LogP contribution in [0.2, 0.25) is 0 Å². The molecule has 0 aliphatic rings. The molecule has 0 amide bonds. The van der Waals surface area contributed by atoms with E-state index in [2.05, 4.69) is 0 Å². The van der Waals surface area contributed by atoms with Gasteiger partial charge in [-0.3, -0.25) is 9.59 Å². The Kier molecular flexibility index (Phi) is 5.84. The third-order valence-corrected chi connectivity index (χ3v) is 4.30. The van der Waals surface area contributed by atoms with Crippen LogP contribution in [0.3, 0.4) is 0 Å². The van der Waals surface area contributed by atoms with E-state index in [1.807, 2.05) is 0 Å². The summed E-state index contributed by atoms with van der Waals surface area (Å²) in [5.41, 5.74) is 2.23. The first-order valence-electron chi connectivity index (χ1n) is 8.69. The Morgan fingerprint density at radius 1 is 0.857 bits per heavy atom. The predicted octanol–water partition coefficient (Wildman–Crippen LogP) is 4.85. The Bertz CT molecular complexity index is 992. The Morgan fingerprint density at radius 2 is 1.43 bits per heavy atom. The van der Waals surface area contributed by atoms with Gasteiger partial charge in [0.15, 0.2) is 11.6 Å². The summed E-state index contributed by atoms with van der Waals surface area (Å²) in [6.07, 6.45) is 0. The van der Waals surface area contributed by atoms with Crippen LogP contribution < -0.4 is 9.47 Å². The summed E-state index contributed by atoms with van der Waals surface area (Å²) in [4.78, 5) is 24.0. The van der Waals surface area contributed by atoms with Crippen LogP contribution in [-0.4, -0.2) is 18.7 Å². The van der Waals surface area contributed by atoms with Gasteiger partial charge < -0.3 is 9.47 Å². The number of ketones is 2. The average Bonchev–Trinajstić information content (AvgIpc) is 2.72. The van der Waals surface area contributed by atoms with Gasteiger partial charge in [0, 0.05) is 22.3 Å². The molecule has 0 aromatic heterocycles. The lowest BCUT2D eigenvalue weighted by Crippen LogP contribution is -2.03. The van der Waals surface area contributed by atoms with Crippen molar-refractivity contribution in [3.63, 3.8) is 0 Å². The molecular weight excluding hydrogens is 359 g/mol. The molecule has 3 rings (SSSR count). The quantitative estimate of drug-likeness (QED) is 0.552. The number of carbonyl (C=O) groups excluding carboxylic acids is 2. The molecule has 28 heavy (non-hydrogen) atoms. The number of methoxy groups -OCH3 is 1. The fraction of sp³-hybridized carbons (Fsp3) is 0.130. The maximum Gasteiger partial charge on any atom is 0.193 e. The molecule has 0 heterocycles. The molecule has 0 radical (unpaired) electrons. The minimum Gasteiger partial charge on any atom is -0.496 e. The second-order valence-corrected chi connectivity index (χ2v) is 6.23. The summed E-state index contributed by atoms with van der Waals surface area (Å²) in [6, 6.07) is 17.3. The third kappa shape index (κ3) is 4.43. The lowest BCUT2D eigenvalue weighted by atomic mass is 10.0. The van der Waals surface area contributed by atoms with Crippen molar-refractivity contribution in [1.82, 2.24) is 0 Å². The van der Waals surface area contributed by atoms with Gasteiger partial charge in [-0.05, 0) is 73.7 Å². The van der Waals surface area contributed by atoms with Gasteiger partial charge in [-0.1, -0.05) is 0 Å². The van der Waals surface area contributed by atoms with Crippen molar-refractivity contribution in [2.75, 3.05) is 7.11 Å². The standard InChI is InChI=1S/C23H19FO4/c1-15(25)18-7-12-22(27-2)19(13-18)14-28-21-10-5-17(6-11-21)23(26)16-3-8-20(24)9-4-16/h3-13H,14H2,1-2H3. The van der Waals surface area contributed by atoms with Crippen LogP contribution in [0.15, 0.2) is 66.7 Å². The topological polar surface area (TPSA) is 52.6 Å². The van der Waals surface area contributed by atoms with Crippen LogP contribution in [0, 0.1) is 5.82 Å². The number of hydrogen-bond acceptors (Lipinski definition) is 4. The zero-order chi connectivity index (χ0) is 20.1. The van der Waals surface area contributed by atoms with Gasteiger partial charge >= 0.3 is 0 Å². The Hall–Kier alpha value is -3.47. The molecule has 5 heteroatoms. The number of rotatable bonds is 7. The SMILES string of the molecule is COc1ccc(C(C)=O)cc1COc1ccc(C(=O)c2ccc(F)cc2)cc1. The van der Waals surface area contributed by atoms with Crippen molar-refractivity contribution in [2.24, 2.45) is 0 Å². The second kappa shape index (κ2) is 8.48. The maximum absolute atomic E-state index is 13.0. The van der Waals surface area contributed by atoms with Crippen molar-refractivity contribution in [1.29, 1.82) is 0 Å². The van der Waals surface area contributed by atoms with Crippen molar-refractivity contribution in [3.8, 4) is 11.5 Å². The number of hydrogen-bond donors (Lipinski definition) is 0. The van der Waals surface area contributed by atoms with Crippen molar-refractivity contribution in [2.45, 2.75) is 13.5 Å². The lowest BCUT2D eigenvalue weighted by Gasteiger charge is -2.12. The van der Waals surface area contributed by atoms with Crippen LogP contribution in [0.4, 0.5) is 4.39 Å². The number of benzene rings is 3. The molecule has 142 valence electrons. The van der Waals surface area contributed by atoms with Crippen LogP contribution in [0.1, 0.15) is 38.8 Å². The van der Waals surface area contributed by atoms with Crippen LogP contribution in [0.5, 0.6) is 11.5 Å². The van der Waals surface area contributed by atoms with Crippen LogP contribution >= 0.6 is 0 Å². The van der Waals surface area contributed by atoms with E-state index in [0.717, 1.165) is 5.56 Å². The van der Waals surface area contributed by atoms with E-state index in [4.69, 9.17) is 9.47 Å². The Labute approximate surface area is 162 Å². The zero-order valence-corrected chi connectivity index (χ0v) is 15.6. The fourth-order valence-corrected chi connectivity index (χ4v) is 2.74. The van der Waals surface area contributed by atoms with E-state index in [1.54, 1.807) is 49.6 Å². The van der Waals surface area contributed by atoms with E-state index in [9.17, 15) is 14.0 Å². The highest BCUT2D eigenvalue weighted by atomic mass is 19.1. The molecular formula is C23H19FO4. The Balaban J connectivity index is 1.71. The number of ether oxygens (including phenoxy) is 2. The highest BCUT2D eigenvalue weighted by Gasteiger charge is 2.11. The smallest absolute Gasteiger partial charge is 0.193 e. The monoisotopic (exact) mass is 378 g/mol. The average molecular weight is 378 g/mol. The van der Waals surface area contributed by atoms with Crippen molar-refractivity contribution >= 4 is 11.6 Å². The van der Waals surface area contributed by atoms with E-state index >= 15 is 0 Å². The summed E-state index contributed by atoms with van der Waals surface area (Å²) in [5.74, 6) is 0.596. The summed E-state index contributed by atoms with van der Waals surface area (Å²) < 4.78 is 24.1. The van der Waals surface area contributed by atoms with E-state index in [0.29, 0.717) is 28.2 Å². The number of halogens is 1. The summed E-state index contributed by atoms with van der Waals surface area (Å²) in [5, 5.41) is 0. The first kappa shape index (κ1) is 19.3. The molecule has 0 unspecified atom stereocenters. The molecule has 0 N–H and O–H groups in total. The van der Waals surface area contributed by atoms with E-state index < -0.39 is 0 Å². The molecule has 3 aromatic rings. The van der Waals surface area contributed by atoms with E-state index in [-0.39, 0.29) is 24.0 Å². The normalized spacial score (nSPS) is 10.4. The molecule has 0 bridgehead atoms. The first-order valence-corrected chi connectivity index (χ1v) is 8.69. The van der Waals surface area contributed by atoms with Crippen molar-refractivity contribution in [3.05, 3.63) is 94.8 Å². The molecule has 0 atom stereocenters. The summed E-state index contributed by atoms with van der Waals surface area (Å²) >= 11 is 0. The number of carbonyl (C=O) groups is 2. The predicted molar refractivity (Wildman–Crippen MR) is 104 cm³/mol. The minimum atomic E-state index is -0.385.